The number of nitro groups is 1. The van der Waals surface area contributed by atoms with Gasteiger partial charge < -0.3 is 11.1 Å². The summed E-state index contributed by atoms with van der Waals surface area (Å²) in [7, 11) is 0. The number of carbonyl (C=O) groups excluding carboxylic acids is 1. The largest absolute Gasteiger partial charge is 0.368 e. The normalized spacial score (nSPS) is 12.3. The minimum atomic E-state index is -0.520. The molecule has 0 radical (unpaired) electrons. The van der Waals surface area contributed by atoms with Crippen molar-refractivity contribution in [1.82, 2.24) is 4.98 Å². The van der Waals surface area contributed by atoms with Crippen LogP contribution in [0, 0.1) is 16.0 Å². The van der Waals surface area contributed by atoms with E-state index < -0.39 is 16.9 Å². The van der Waals surface area contributed by atoms with Crippen molar-refractivity contribution in [3.63, 3.8) is 0 Å². The lowest BCUT2D eigenvalue weighted by molar-refractivity contribution is -0.384. The van der Waals surface area contributed by atoms with Crippen molar-refractivity contribution in [1.29, 1.82) is 0 Å². The average Bonchev–Trinajstić information content (AvgIpc) is 2.43. The number of benzene rings is 1. The van der Waals surface area contributed by atoms with Crippen molar-refractivity contribution in [3.8, 4) is 0 Å². The number of carbonyl (C=O) groups is 1. The molecule has 3 N–H and O–H groups in total. The SMILES string of the molecule is CC(C)C(Nc1ccc2cc([N+](=O)[O-])ccc2n1)C(N)=O. The van der Waals surface area contributed by atoms with Crippen LogP contribution < -0.4 is 11.1 Å². The molecular formula is C14H16N4O3. The maximum atomic E-state index is 11.4. The lowest BCUT2D eigenvalue weighted by Crippen LogP contribution is -2.39. The van der Waals surface area contributed by atoms with Crippen molar-refractivity contribution in [2.45, 2.75) is 19.9 Å². The van der Waals surface area contributed by atoms with Crippen molar-refractivity contribution in [2.24, 2.45) is 11.7 Å². The van der Waals surface area contributed by atoms with Gasteiger partial charge in [0.05, 0.1) is 10.4 Å². The molecule has 7 nitrogen and oxygen atoms in total. The Kier molecular flexibility index (Phi) is 4.02. The number of fused-ring (bicyclic) bond motifs is 1. The summed E-state index contributed by atoms with van der Waals surface area (Å²) < 4.78 is 0. The molecule has 2 aromatic rings. The minimum absolute atomic E-state index is 0.0159. The number of hydrogen-bond acceptors (Lipinski definition) is 5. The van der Waals surface area contributed by atoms with Gasteiger partial charge in [0.2, 0.25) is 5.91 Å². The molecule has 0 spiro atoms. The first-order valence-corrected chi connectivity index (χ1v) is 6.49. The Labute approximate surface area is 121 Å². The molecule has 1 unspecified atom stereocenters. The van der Waals surface area contributed by atoms with E-state index in [0.29, 0.717) is 16.7 Å². The molecule has 7 heteroatoms. The molecule has 0 saturated carbocycles. The van der Waals surface area contributed by atoms with E-state index in [1.807, 2.05) is 13.8 Å². The van der Waals surface area contributed by atoms with Gasteiger partial charge in [0, 0.05) is 17.5 Å². The van der Waals surface area contributed by atoms with Crippen LogP contribution >= 0.6 is 0 Å². The number of nitrogens with zero attached hydrogens (tertiary/aromatic N) is 2. The molecule has 1 aromatic heterocycles. The van der Waals surface area contributed by atoms with Gasteiger partial charge >= 0.3 is 0 Å². The lowest BCUT2D eigenvalue weighted by atomic mass is 10.0. The minimum Gasteiger partial charge on any atom is -0.368 e. The number of non-ortho nitro benzene ring substituents is 1. The Morgan fingerprint density at radius 2 is 2.05 bits per heavy atom. The summed E-state index contributed by atoms with van der Waals surface area (Å²) in [5.41, 5.74) is 5.97. The Hall–Kier alpha value is -2.70. The number of primary amides is 1. The van der Waals surface area contributed by atoms with Crippen LogP contribution in [-0.4, -0.2) is 21.9 Å². The number of nitrogens with two attached hydrogens (primary N) is 1. The van der Waals surface area contributed by atoms with E-state index in [9.17, 15) is 14.9 Å². The smallest absolute Gasteiger partial charge is 0.270 e. The van der Waals surface area contributed by atoms with Crippen molar-refractivity contribution < 1.29 is 9.72 Å². The third kappa shape index (κ3) is 3.25. The second kappa shape index (κ2) is 5.74. The highest BCUT2D eigenvalue weighted by Gasteiger charge is 2.19. The first-order chi connectivity index (χ1) is 9.88. The van der Waals surface area contributed by atoms with Crippen LogP contribution in [0.2, 0.25) is 0 Å². The second-order valence-corrected chi connectivity index (χ2v) is 5.10. The van der Waals surface area contributed by atoms with Gasteiger partial charge in [-0.15, -0.1) is 0 Å². The molecule has 0 saturated heterocycles. The van der Waals surface area contributed by atoms with Crippen molar-refractivity contribution in [3.05, 3.63) is 40.4 Å². The fourth-order valence-corrected chi connectivity index (χ4v) is 2.03. The highest BCUT2D eigenvalue weighted by Crippen LogP contribution is 2.21. The Morgan fingerprint density at radius 3 is 2.62 bits per heavy atom. The Morgan fingerprint density at radius 1 is 1.33 bits per heavy atom. The van der Waals surface area contributed by atoms with Crippen LogP contribution in [0.1, 0.15) is 13.8 Å². The van der Waals surface area contributed by atoms with Crippen LogP contribution in [0.15, 0.2) is 30.3 Å². The maximum absolute atomic E-state index is 11.4. The Bertz CT molecular complexity index is 700. The Balaban J connectivity index is 2.33. The zero-order valence-electron chi connectivity index (χ0n) is 11.7. The molecule has 1 aromatic carbocycles. The lowest BCUT2D eigenvalue weighted by Gasteiger charge is -2.19. The predicted octanol–water partition coefficient (Wildman–Crippen LogP) is 2.06. The number of hydrogen-bond donors (Lipinski definition) is 2. The zero-order valence-corrected chi connectivity index (χ0v) is 11.7. The first-order valence-electron chi connectivity index (χ1n) is 6.49. The average molecular weight is 288 g/mol. The fraction of sp³-hybridized carbons (Fsp3) is 0.286. The summed E-state index contributed by atoms with van der Waals surface area (Å²) in [6.45, 7) is 3.76. The molecule has 1 atom stereocenters. The van der Waals surface area contributed by atoms with Crippen LogP contribution in [0.25, 0.3) is 10.9 Å². The standard InChI is InChI=1S/C14H16N4O3/c1-8(2)13(14(15)19)17-12-6-3-9-7-10(18(20)21)4-5-11(9)16-12/h3-8,13H,1-2H3,(H2,15,19)(H,16,17). The van der Waals surface area contributed by atoms with Gasteiger partial charge in [0.25, 0.3) is 5.69 Å². The van der Waals surface area contributed by atoms with Crippen LogP contribution in [0.3, 0.4) is 0 Å². The monoisotopic (exact) mass is 288 g/mol. The summed E-state index contributed by atoms with van der Waals surface area (Å²) in [6.07, 6.45) is 0. The highest BCUT2D eigenvalue weighted by atomic mass is 16.6. The van der Waals surface area contributed by atoms with Crippen molar-refractivity contribution >= 4 is 28.3 Å². The summed E-state index contributed by atoms with van der Waals surface area (Å²) in [4.78, 5) is 26.0. The molecule has 21 heavy (non-hydrogen) atoms. The molecule has 1 heterocycles. The van der Waals surface area contributed by atoms with Gasteiger partial charge in [-0.05, 0) is 24.1 Å². The van der Waals surface area contributed by atoms with E-state index in [-0.39, 0.29) is 11.6 Å². The van der Waals surface area contributed by atoms with E-state index in [0.717, 1.165) is 0 Å². The molecule has 0 fully saturated rings. The van der Waals surface area contributed by atoms with Gasteiger partial charge in [-0.1, -0.05) is 13.8 Å². The van der Waals surface area contributed by atoms with Crippen molar-refractivity contribution in [2.75, 3.05) is 5.32 Å². The molecular weight excluding hydrogens is 272 g/mol. The van der Waals surface area contributed by atoms with Crippen LogP contribution in [0.4, 0.5) is 11.5 Å². The van der Waals surface area contributed by atoms with E-state index in [1.165, 1.54) is 12.1 Å². The predicted molar refractivity (Wildman–Crippen MR) is 79.8 cm³/mol. The van der Waals surface area contributed by atoms with Gasteiger partial charge in [0.15, 0.2) is 0 Å². The van der Waals surface area contributed by atoms with Gasteiger partial charge in [-0.2, -0.15) is 0 Å². The number of aromatic nitrogens is 1. The quantitative estimate of drug-likeness (QED) is 0.646. The van der Waals surface area contributed by atoms with Gasteiger partial charge in [0.1, 0.15) is 11.9 Å². The van der Waals surface area contributed by atoms with Gasteiger partial charge in [-0.25, -0.2) is 4.98 Å². The topological polar surface area (TPSA) is 111 Å². The van der Waals surface area contributed by atoms with E-state index >= 15 is 0 Å². The molecule has 0 bridgehead atoms. The number of nitrogens with one attached hydrogen (secondary N) is 1. The molecule has 0 aliphatic rings. The van der Waals surface area contributed by atoms with Crippen LogP contribution in [0.5, 0.6) is 0 Å². The maximum Gasteiger partial charge on any atom is 0.270 e. The molecule has 2 rings (SSSR count). The molecule has 0 aliphatic carbocycles. The number of amides is 1. The number of pyridine rings is 1. The summed E-state index contributed by atoms with van der Waals surface area (Å²) in [6, 6.07) is 7.30. The third-order valence-electron chi connectivity index (χ3n) is 3.16. The summed E-state index contributed by atoms with van der Waals surface area (Å²) in [5.74, 6) is 0.0845. The first kappa shape index (κ1) is 14.7. The van der Waals surface area contributed by atoms with Crippen LogP contribution in [-0.2, 0) is 4.79 Å². The van der Waals surface area contributed by atoms with E-state index in [1.54, 1.807) is 18.2 Å². The molecule has 110 valence electrons. The van der Waals surface area contributed by atoms with E-state index in [2.05, 4.69) is 10.3 Å². The highest BCUT2D eigenvalue weighted by molar-refractivity contribution is 5.85. The molecule has 1 amide bonds. The van der Waals surface area contributed by atoms with E-state index in [4.69, 9.17) is 5.73 Å². The zero-order chi connectivity index (χ0) is 15.6. The van der Waals surface area contributed by atoms with Gasteiger partial charge in [-0.3, -0.25) is 14.9 Å². The fourth-order valence-electron chi connectivity index (χ4n) is 2.03. The summed E-state index contributed by atoms with van der Waals surface area (Å²) >= 11 is 0. The third-order valence-corrected chi connectivity index (χ3v) is 3.16. The summed E-state index contributed by atoms with van der Waals surface area (Å²) in [5, 5.41) is 14.4. The number of anilines is 1. The second-order valence-electron chi connectivity index (χ2n) is 5.10. The number of rotatable bonds is 5. The number of nitro benzene ring substituents is 1. The molecule has 0 aliphatic heterocycles.